The topological polar surface area (TPSA) is 0 Å². The number of benzene rings is 2. The molecule has 142 valence electrons. The number of rotatable bonds is 7. The van der Waals surface area contributed by atoms with E-state index in [9.17, 15) is 0 Å². The van der Waals surface area contributed by atoms with E-state index >= 15 is 0 Å². The lowest BCUT2D eigenvalue weighted by molar-refractivity contribution is 0.791. The van der Waals surface area contributed by atoms with E-state index in [0.717, 1.165) is 6.42 Å². The molecule has 0 spiro atoms. The van der Waals surface area contributed by atoms with Gasteiger partial charge in [-0.2, -0.15) is 0 Å². The smallest absolute Gasteiger partial charge is 0.0656 e. The molecular weight excluding hydrogens is 340 g/mol. The van der Waals surface area contributed by atoms with E-state index in [1.54, 1.807) is 16.3 Å². The third-order valence-corrected chi connectivity index (χ3v) is 9.24. The lowest BCUT2D eigenvalue weighted by Crippen LogP contribution is -2.30. The number of aryl methyl sites for hydroxylation is 1. The van der Waals surface area contributed by atoms with Crippen LogP contribution in [0.2, 0.25) is 5.04 Å². The minimum atomic E-state index is -0.441. The summed E-state index contributed by atoms with van der Waals surface area (Å²) in [5, 5.41) is 1.82. The van der Waals surface area contributed by atoms with Crippen LogP contribution >= 0.6 is 0 Å². The highest BCUT2D eigenvalue weighted by Gasteiger charge is 2.38. The van der Waals surface area contributed by atoms with Gasteiger partial charge in [0.05, 0.1) is 9.52 Å². The molecule has 0 nitrogen and oxygen atoms in total. The Morgan fingerprint density at radius 2 is 1.44 bits per heavy atom. The normalized spacial score (nSPS) is 20.3. The van der Waals surface area contributed by atoms with Crippen molar-refractivity contribution >= 4 is 14.7 Å². The lowest BCUT2D eigenvalue weighted by Gasteiger charge is -2.31. The molecule has 2 aromatic carbocycles. The van der Waals surface area contributed by atoms with Gasteiger partial charge in [-0.1, -0.05) is 91.2 Å². The van der Waals surface area contributed by atoms with Gasteiger partial charge in [0.2, 0.25) is 0 Å². The molecule has 0 amide bonds. The molecule has 2 aromatic rings. The molecule has 0 N–H and O–H groups in total. The Morgan fingerprint density at radius 1 is 0.815 bits per heavy atom. The summed E-state index contributed by atoms with van der Waals surface area (Å²) in [5.74, 6) is 0. The maximum absolute atomic E-state index is 2.51. The van der Waals surface area contributed by atoms with Crippen molar-refractivity contribution in [2.24, 2.45) is 0 Å². The molecule has 0 aromatic heterocycles. The molecule has 0 saturated carbocycles. The third-order valence-electron chi connectivity index (χ3n) is 6.69. The standard InChI is InChI=1S/C26H34Si/c1-6-7-11-22-14-16-23(17-15-22)18-25-20(3)19(2)21(4)26(25,5)27-24-12-9-8-10-13-24/h8-10,12-17H,6-7,11,18,27H2,1-5H3. The predicted octanol–water partition coefficient (Wildman–Crippen LogP) is 5.91. The monoisotopic (exact) mass is 374 g/mol. The average molecular weight is 375 g/mol. The van der Waals surface area contributed by atoms with E-state index in [4.69, 9.17) is 0 Å². The number of allylic oxidation sites excluding steroid dienone is 4. The second kappa shape index (κ2) is 8.44. The van der Waals surface area contributed by atoms with Gasteiger partial charge in [0.25, 0.3) is 0 Å². The molecule has 0 heterocycles. The van der Waals surface area contributed by atoms with Gasteiger partial charge in [-0.15, -0.1) is 0 Å². The Morgan fingerprint density at radius 3 is 2.07 bits per heavy atom. The van der Waals surface area contributed by atoms with Gasteiger partial charge in [-0.3, -0.25) is 0 Å². The summed E-state index contributed by atoms with van der Waals surface area (Å²) in [5.41, 5.74) is 9.26. The van der Waals surface area contributed by atoms with Crippen molar-refractivity contribution in [3.63, 3.8) is 0 Å². The van der Waals surface area contributed by atoms with Gasteiger partial charge >= 0.3 is 0 Å². The zero-order valence-corrected chi connectivity index (χ0v) is 19.1. The van der Waals surface area contributed by atoms with Crippen molar-refractivity contribution in [3.8, 4) is 0 Å². The minimum absolute atomic E-state index is 0.260. The van der Waals surface area contributed by atoms with Crippen LogP contribution in [0.3, 0.4) is 0 Å². The van der Waals surface area contributed by atoms with E-state index in [0.29, 0.717) is 0 Å². The Kier molecular flexibility index (Phi) is 6.21. The highest BCUT2D eigenvalue weighted by Crippen LogP contribution is 2.52. The lowest BCUT2D eigenvalue weighted by atomic mass is 9.90. The maximum Gasteiger partial charge on any atom is 0.0705 e. The van der Waals surface area contributed by atoms with Gasteiger partial charge in [-0.05, 0) is 62.3 Å². The van der Waals surface area contributed by atoms with Crippen LogP contribution < -0.4 is 5.19 Å². The molecule has 0 fully saturated rings. The van der Waals surface area contributed by atoms with E-state index < -0.39 is 9.52 Å². The van der Waals surface area contributed by atoms with E-state index in [2.05, 4.69) is 89.2 Å². The zero-order valence-electron chi connectivity index (χ0n) is 17.7. The molecule has 3 rings (SSSR count). The zero-order chi connectivity index (χ0) is 19.4. The Hall–Kier alpha value is -1.86. The Balaban J connectivity index is 1.86. The first kappa shape index (κ1) is 19.9. The largest absolute Gasteiger partial charge is 0.0705 e. The molecule has 1 unspecified atom stereocenters. The van der Waals surface area contributed by atoms with Gasteiger partial charge < -0.3 is 0 Å². The number of hydrogen-bond donors (Lipinski definition) is 0. The van der Waals surface area contributed by atoms with Crippen molar-refractivity contribution in [2.75, 3.05) is 0 Å². The van der Waals surface area contributed by atoms with E-state index in [1.165, 1.54) is 41.5 Å². The highest BCUT2D eigenvalue weighted by atomic mass is 28.2. The predicted molar refractivity (Wildman–Crippen MR) is 123 cm³/mol. The molecule has 0 aliphatic heterocycles. The molecule has 1 aliphatic carbocycles. The SMILES string of the molecule is CCCCc1ccc(CC2=C(C)C(C)=C(C)C2(C)[SiH2]c2ccccc2)cc1. The average Bonchev–Trinajstić information content (AvgIpc) is 2.84. The van der Waals surface area contributed by atoms with Crippen molar-refractivity contribution in [2.45, 2.75) is 65.3 Å². The Bertz CT molecular complexity index is 840. The molecule has 0 bridgehead atoms. The first-order valence-electron chi connectivity index (χ1n) is 10.5. The first-order valence-corrected chi connectivity index (χ1v) is 11.9. The van der Waals surface area contributed by atoms with E-state index in [1.807, 2.05) is 0 Å². The van der Waals surface area contributed by atoms with Gasteiger partial charge in [0.15, 0.2) is 0 Å². The third kappa shape index (κ3) is 4.19. The molecule has 1 atom stereocenters. The summed E-state index contributed by atoms with van der Waals surface area (Å²) in [4.78, 5) is 0. The summed E-state index contributed by atoms with van der Waals surface area (Å²) in [6.07, 6.45) is 4.84. The van der Waals surface area contributed by atoms with Crippen molar-refractivity contribution in [1.29, 1.82) is 0 Å². The van der Waals surface area contributed by atoms with Crippen molar-refractivity contribution in [1.82, 2.24) is 0 Å². The second-order valence-electron chi connectivity index (χ2n) is 8.44. The van der Waals surface area contributed by atoms with Gasteiger partial charge in [0, 0.05) is 5.04 Å². The van der Waals surface area contributed by atoms with Gasteiger partial charge in [-0.25, -0.2) is 0 Å². The quantitative estimate of drug-likeness (QED) is 0.528. The highest BCUT2D eigenvalue weighted by molar-refractivity contribution is 6.58. The summed E-state index contributed by atoms with van der Waals surface area (Å²) in [6, 6.07) is 20.6. The number of hydrogen-bond acceptors (Lipinski definition) is 0. The van der Waals surface area contributed by atoms with Crippen LogP contribution in [0.4, 0.5) is 0 Å². The van der Waals surface area contributed by atoms with Crippen molar-refractivity contribution in [3.05, 3.63) is 88.0 Å². The minimum Gasteiger partial charge on any atom is -0.0656 e. The fraction of sp³-hybridized carbons (Fsp3) is 0.385. The summed E-state index contributed by atoms with van der Waals surface area (Å²) in [6.45, 7) is 11.8. The first-order chi connectivity index (χ1) is 13.0. The molecule has 0 saturated heterocycles. The van der Waals surface area contributed by atoms with Crippen LogP contribution in [0.15, 0.2) is 76.9 Å². The molecule has 1 aliphatic rings. The summed E-state index contributed by atoms with van der Waals surface area (Å²) >= 11 is 0. The van der Waals surface area contributed by atoms with Crippen LogP contribution in [0.5, 0.6) is 0 Å². The van der Waals surface area contributed by atoms with Crippen LogP contribution in [-0.2, 0) is 12.8 Å². The molecular formula is C26H34Si. The molecule has 0 radical (unpaired) electrons. The summed E-state index contributed by atoms with van der Waals surface area (Å²) in [7, 11) is -0.441. The second-order valence-corrected chi connectivity index (χ2v) is 11.0. The number of unbranched alkanes of at least 4 members (excludes halogenated alkanes) is 1. The Labute approximate surface area is 168 Å². The van der Waals surface area contributed by atoms with Crippen LogP contribution in [0.1, 0.15) is 58.6 Å². The van der Waals surface area contributed by atoms with E-state index in [-0.39, 0.29) is 5.04 Å². The van der Waals surface area contributed by atoms with Crippen LogP contribution in [-0.4, -0.2) is 9.52 Å². The van der Waals surface area contributed by atoms with Crippen LogP contribution in [0, 0.1) is 0 Å². The van der Waals surface area contributed by atoms with Gasteiger partial charge in [0.1, 0.15) is 0 Å². The van der Waals surface area contributed by atoms with Crippen molar-refractivity contribution < 1.29 is 0 Å². The molecule has 27 heavy (non-hydrogen) atoms. The maximum atomic E-state index is 2.51. The van der Waals surface area contributed by atoms with Crippen LogP contribution in [0.25, 0.3) is 0 Å². The fourth-order valence-corrected chi connectivity index (χ4v) is 7.00. The molecule has 1 heteroatoms. The summed E-state index contributed by atoms with van der Waals surface area (Å²) < 4.78 is 0. The fourth-order valence-electron chi connectivity index (χ4n) is 4.54.